The van der Waals surface area contributed by atoms with Gasteiger partial charge in [0.05, 0.1) is 19.9 Å². The minimum absolute atomic E-state index is 0.740. The Balaban J connectivity index is 1.67. The van der Waals surface area contributed by atoms with Gasteiger partial charge < -0.3 is 14.8 Å². The molecule has 6 nitrogen and oxygen atoms in total. The standard InChI is InChI=1S/C26H30N4O2/c1-6-21-17(2)28-26-24(20-10-8-7-9-11-20)18(3)29-30(26)25(21)27-15-14-19-12-13-22(31-4)23(16-19)32-5/h7-13,16,27H,6,14-15H2,1-5H3. The Bertz CT molecular complexity index is 1230. The second kappa shape index (κ2) is 9.30. The second-order valence-corrected chi connectivity index (χ2v) is 7.81. The molecule has 1 N–H and O–H groups in total. The van der Waals surface area contributed by atoms with Crippen LogP contribution >= 0.6 is 0 Å². The predicted molar refractivity (Wildman–Crippen MR) is 129 cm³/mol. The summed E-state index contributed by atoms with van der Waals surface area (Å²) in [6, 6.07) is 16.4. The van der Waals surface area contributed by atoms with E-state index in [2.05, 4.69) is 37.4 Å². The molecule has 0 saturated heterocycles. The number of rotatable bonds is 8. The normalized spacial score (nSPS) is 11.0. The highest BCUT2D eigenvalue weighted by atomic mass is 16.5. The van der Waals surface area contributed by atoms with E-state index in [1.54, 1.807) is 14.2 Å². The van der Waals surface area contributed by atoms with E-state index in [9.17, 15) is 0 Å². The molecule has 0 atom stereocenters. The highest BCUT2D eigenvalue weighted by Crippen LogP contribution is 2.31. The van der Waals surface area contributed by atoms with Crippen LogP contribution < -0.4 is 14.8 Å². The molecule has 4 aromatic rings. The average molecular weight is 431 g/mol. The van der Waals surface area contributed by atoms with Crippen LogP contribution in [0.4, 0.5) is 5.82 Å². The summed E-state index contributed by atoms with van der Waals surface area (Å²) in [6.07, 6.45) is 1.73. The van der Waals surface area contributed by atoms with Crippen molar-refractivity contribution in [1.29, 1.82) is 0 Å². The van der Waals surface area contributed by atoms with Gasteiger partial charge in [0.1, 0.15) is 5.82 Å². The number of ether oxygens (including phenoxy) is 2. The van der Waals surface area contributed by atoms with Gasteiger partial charge in [0.15, 0.2) is 17.1 Å². The molecule has 0 unspecified atom stereocenters. The smallest absolute Gasteiger partial charge is 0.165 e. The number of methoxy groups -OCH3 is 2. The zero-order valence-electron chi connectivity index (χ0n) is 19.4. The fourth-order valence-corrected chi connectivity index (χ4v) is 4.21. The number of nitrogens with one attached hydrogen (secondary N) is 1. The Morgan fingerprint density at radius 3 is 2.38 bits per heavy atom. The maximum absolute atomic E-state index is 5.44. The first kappa shape index (κ1) is 21.7. The van der Waals surface area contributed by atoms with Gasteiger partial charge in [-0.25, -0.2) is 4.98 Å². The quantitative estimate of drug-likeness (QED) is 0.414. The Kier molecular flexibility index (Phi) is 6.30. The van der Waals surface area contributed by atoms with Crippen LogP contribution in [-0.4, -0.2) is 35.4 Å². The summed E-state index contributed by atoms with van der Waals surface area (Å²) in [5.41, 5.74) is 7.47. The molecule has 6 heteroatoms. The van der Waals surface area contributed by atoms with Crippen molar-refractivity contribution in [3.63, 3.8) is 0 Å². The number of aryl methyl sites for hydroxylation is 2. The summed E-state index contributed by atoms with van der Waals surface area (Å²) in [5.74, 6) is 2.50. The largest absolute Gasteiger partial charge is 0.493 e. The number of benzene rings is 2. The van der Waals surface area contributed by atoms with E-state index in [1.807, 2.05) is 41.8 Å². The minimum Gasteiger partial charge on any atom is -0.493 e. The van der Waals surface area contributed by atoms with Gasteiger partial charge in [-0.2, -0.15) is 9.61 Å². The summed E-state index contributed by atoms with van der Waals surface area (Å²) in [7, 11) is 3.31. The number of nitrogens with zero attached hydrogens (tertiary/aromatic N) is 3. The van der Waals surface area contributed by atoms with Crippen molar-refractivity contribution in [3.8, 4) is 22.6 Å². The molecule has 32 heavy (non-hydrogen) atoms. The van der Waals surface area contributed by atoms with Gasteiger partial charge in [0.2, 0.25) is 0 Å². The number of hydrogen-bond acceptors (Lipinski definition) is 5. The molecule has 2 aromatic heterocycles. The third-order valence-electron chi connectivity index (χ3n) is 5.81. The first-order valence-corrected chi connectivity index (χ1v) is 11.0. The van der Waals surface area contributed by atoms with E-state index >= 15 is 0 Å². The summed E-state index contributed by atoms with van der Waals surface area (Å²) in [5, 5.41) is 8.51. The molecule has 2 heterocycles. The first-order valence-electron chi connectivity index (χ1n) is 11.0. The lowest BCUT2D eigenvalue weighted by Gasteiger charge is -2.15. The summed E-state index contributed by atoms with van der Waals surface area (Å²) >= 11 is 0. The van der Waals surface area contributed by atoms with Gasteiger partial charge in [-0.1, -0.05) is 43.3 Å². The maximum Gasteiger partial charge on any atom is 0.165 e. The number of anilines is 1. The molecule has 0 aliphatic carbocycles. The van der Waals surface area contributed by atoms with E-state index in [4.69, 9.17) is 19.6 Å². The number of hydrogen-bond donors (Lipinski definition) is 1. The second-order valence-electron chi connectivity index (χ2n) is 7.81. The highest BCUT2D eigenvalue weighted by molar-refractivity contribution is 5.81. The van der Waals surface area contributed by atoms with Crippen molar-refractivity contribution in [1.82, 2.24) is 14.6 Å². The van der Waals surface area contributed by atoms with Crippen LogP contribution in [0.3, 0.4) is 0 Å². The van der Waals surface area contributed by atoms with Gasteiger partial charge in [-0.3, -0.25) is 0 Å². The Labute approximate surface area is 189 Å². The molecule has 0 bridgehead atoms. The minimum atomic E-state index is 0.740. The molecule has 0 radical (unpaired) electrons. The number of aromatic nitrogens is 3. The van der Waals surface area contributed by atoms with Gasteiger partial charge in [-0.15, -0.1) is 0 Å². The molecular formula is C26H30N4O2. The van der Waals surface area contributed by atoms with Crippen LogP contribution in [0.2, 0.25) is 0 Å². The zero-order valence-corrected chi connectivity index (χ0v) is 19.4. The highest BCUT2D eigenvalue weighted by Gasteiger charge is 2.19. The Morgan fingerprint density at radius 2 is 1.69 bits per heavy atom. The van der Waals surface area contributed by atoms with E-state index in [0.717, 1.165) is 64.9 Å². The fraction of sp³-hybridized carbons (Fsp3) is 0.308. The lowest BCUT2D eigenvalue weighted by atomic mass is 10.1. The van der Waals surface area contributed by atoms with Gasteiger partial charge in [0, 0.05) is 23.4 Å². The van der Waals surface area contributed by atoms with Gasteiger partial charge >= 0.3 is 0 Å². The summed E-state index contributed by atoms with van der Waals surface area (Å²) in [6.45, 7) is 7.05. The first-order chi connectivity index (χ1) is 15.6. The lowest BCUT2D eigenvalue weighted by molar-refractivity contribution is 0.354. The molecule has 0 saturated carbocycles. The summed E-state index contributed by atoms with van der Waals surface area (Å²) < 4.78 is 12.8. The third kappa shape index (κ3) is 4.00. The zero-order chi connectivity index (χ0) is 22.7. The molecule has 166 valence electrons. The third-order valence-corrected chi connectivity index (χ3v) is 5.81. The van der Waals surface area contributed by atoms with Crippen LogP contribution in [-0.2, 0) is 12.8 Å². The molecular weight excluding hydrogens is 400 g/mol. The van der Waals surface area contributed by atoms with Crippen LogP contribution in [0.5, 0.6) is 11.5 Å². The molecule has 0 aliphatic heterocycles. The molecule has 0 spiro atoms. The topological polar surface area (TPSA) is 60.7 Å². The number of fused-ring (bicyclic) bond motifs is 1. The Hall–Kier alpha value is -3.54. The van der Waals surface area contributed by atoms with Crippen LogP contribution in [0.1, 0.15) is 29.4 Å². The Morgan fingerprint density at radius 1 is 0.938 bits per heavy atom. The SMILES string of the molecule is CCc1c(C)nc2c(-c3ccccc3)c(C)nn2c1NCCc1ccc(OC)c(OC)c1. The van der Waals surface area contributed by atoms with E-state index in [-0.39, 0.29) is 0 Å². The van der Waals surface area contributed by atoms with Crippen molar-refractivity contribution < 1.29 is 9.47 Å². The van der Waals surface area contributed by atoms with Crippen LogP contribution in [0.25, 0.3) is 16.8 Å². The van der Waals surface area contributed by atoms with Crippen molar-refractivity contribution in [3.05, 3.63) is 71.0 Å². The molecule has 0 fully saturated rings. The van der Waals surface area contributed by atoms with E-state index in [0.29, 0.717) is 0 Å². The van der Waals surface area contributed by atoms with Crippen LogP contribution in [0.15, 0.2) is 48.5 Å². The molecule has 4 rings (SSSR count). The van der Waals surface area contributed by atoms with E-state index < -0.39 is 0 Å². The average Bonchev–Trinajstić information content (AvgIpc) is 3.14. The molecule has 0 aliphatic rings. The maximum atomic E-state index is 5.44. The molecule has 2 aromatic carbocycles. The van der Waals surface area contributed by atoms with E-state index in [1.165, 1.54) is 11.1 Å². The van der Waals surface area contributed by atoms with Gasteiger partial charge in [0.25, 0.3) is 0 Å². The van der Waals surface area contributed by atoms with Gasteiger partial charge in [-0.05, 0) is 49.9 Å². The van der Waals surface area contributed by atoms with Crippen molar-refractivity contribution in [2.24, 2.45) is 0 Å². The fourth-order valence-electron chi connectivity index (χ4n) is 4.21. The predicted octanol–water partition coefficient (Wildman–Crippen LogP) is 5.25. The lowest BCUT2D eigenvalue weighted by Crippen LogP contribution is -2.13. The monoisotopic (exact) mass is 430 g/mol. The van der Waals surface area contributed by atoms with Crippen molar-refractivity contribution in [2.75, 3.05) is 26.1 Å². The molecule has 0 amide bonds. The van der Waals surface area contributed by atoms with Crippen LogP contribution in [0, 0.1) is 13.8 Å². The van der Waals surface area contributed by atoms with Crippen molar-refractivity contribution >= 4 is 11.5 Å². The summed E-state index contributed by atoms with van der Waals surface area (Å²) in [4.78, 5) is 4.94. The van der Waals surface area contributed by atoms with Crippen molar-refractivity contribution in [2.45, 2.75) is 33.6 Å².